The van der Waals surface area contributed by atoms with Gasteiger partial charge in [0.05, 0.1) is 0 Å². The van der Waals surface area contributed by atoms with Crippen LogP contribution in [-0.4, -0.2) is 6.04 Å². The number of hydrogen-bond acceptors (Lipinski definition) is 2. The van der Waals surface area contributed by atoms with Crippen LogP contribution in [0.4, 0.5) is 4.39 Å². The van der Waals surface area contributed by atoms with Crippen LogP contribution < -0.4 is 11.3 Å². The highest BCUT2D eigenvalue weighted by molar-refractivity contribution is 6.30. The van der Waals surface area contributed by atoms with E-state index in [2.05, 4.69) is 12.3 Å². The van der Waals surface area contributed by atoms with Crippen molar-refractivity contribution in [2.45, 2.75) is 45.1 Å². The molecule has 0 amide bonds. The molecule has 0 bridgehead atoms. The Balaban J connectivity index is 2.57. The Morgan fingerprint density at radius 3 is 2.82 bits per heavy atom. The molecule has 0 fully saturated rings. The minimum absolute atomic E-state index is 0.106. The minimum atomic E-state index is -0.217. The van der Waals surface area contributed by atoms with Crippen molar-refractivity contribution in [2.24, 2.45) is 5.84 Å². The Morgan fingerprint density at radius 1 is 1.41 bits per heavy atom. The van der Waals surface area contributed by atoms with Gasteiger partial charge in [-0.25, -0.2) is 4.39 Å². The summed E-state index contributed by atoms with van der Waals surface area (Å²) < 4.78 is 13.5. The number of rotatable bonds is 7. The van der Waals surface area contributed by atoms with Crippen LogP contribution in [0.5, 0.6) is 0 Å². The maximum Gasteiger partial charge on any atom is 0.126 e. The molecule has 3 N–H and O–H groups in total. The van der Waals surface area contributed by atoms with Crippen molar-refractivity contribution in [3.8, 4) is 0 Å². The zero-order valence-electron chi connectivity index (χ0n) is 10.2. The first-order chi connectivity index (χ1) is 8.17. The Labute approximate surface area is 107 Å². The van der Waals surface area contributed by atoms with Crippen LogP contribution in [0, 0.1) is 5.82 Å². The van der Waals surface area contributed by atoms with E-state index in [4.69, 9.17) is 17.4 Å². The van der Waals surface area contributed by atoms with E-state index in [1.165, 1.54) is 18.9 Å². The third-order valence-corrected chi connectivity index (χ3v) is 3.10. The molecule has 0 aliphatic rings. The van der Waals surface area contributed by atoms with E-state index in [-0.39, 0.29) is 11.9 Å². The second kappa shape index (κ2) is 7.64. The number of hydrogen-bond donors (Lipinski definition) is 2. The van der Waals surface area contributed by atoms with Crippen molar-refractivity contribution >= 4 is 11.6 Å². The fourth-order valence-corrected chi connectivity index (χ4v) is 2.04. The van der Waals surface area contributed by atoms with Crippen molar-refractivity contribution in [3.05, 3.63) is 34.6 Å². The standard InChI is InChI=1S/C13H20ClFN2/c1-2-3-4-5-12(17-16)9-10-8-11(14)6-7-13(10)15/h6-8,12,17H,2-5,9,16H2,1H3. The van der Waals surface area contributed by atoms with Gasteiger partial charge in [0.2, 0.25) is 0 Å². The predicted octanol–water partition coefficient (Wildman–Crippen LogP) is 3.43. The molecule has 4 heteroatoms. The van der Waals surface area contributed by atoms with Gasteiger partial charge in [0, 0.05) is 11.1 Å². The summed E-state index contributed by atoms with van der Waals surface area (Å²) in [4.78, 5) is 0. The van der Waals surface area contributed by atoms with Gasteiger partial charge in [0.15, 0.2) is 0 Å². The highest BCUT2D eigenvalue weighted by Gasteiger charge is 2.11. The van der Waals surface area contributed by atoms with E-state index in [0.29, 0.717) is 17.0 Å². The van der Waals surface area contributed by atoms with Crippen LogP contribution in [0.2, 0.25) is 5.02 Å². The van der Waals surface area contributed by atoms with Crippen molar-refractivity contribution in [1.29, 1.82) is 0 Å². The zero-order valence-corrected chi connectivity index (χ0v) is 10.9. The second-order valence-electron chi connectivity index (χ2n) is 4.30. The lowest BCUT2D eigenvalue weighted by Crippen LogP contribution is -2.36. The summed E-state index contributed by atoms with van der Waals surface area (Å²) in [6.07, 6.45) is 4.98. The van der Waals surface area contributed by atoms with E-state index in [0.717, 1.165) is 12.8 Å². The lowest BCUT2D eigenvalue weighted by molar-refractivity contribution is 0.458. The summed E-state index contributed by atoms with van der Waals surface area (Å²) >= 11 is 5.85. The first kappa shape index (κ1) is 14.4. The lowest BCUT2D eigenvalue weighted by atomic mass is 10.0. The number of nitrogens with two attached hydrogens (primary N) is 1. The van der Waals surface area contributed by atoms with Gasteiger partial charge in [0.25, 0.3) is 0 Å². The van der Waals surface area contributed by atoms with E-state index in [9.17, 15) is 4.39 Å². The van der Waals surface area contributed by atoms with E-state index >= 15 is 0 Å². The van der Waals surface area contributed by atoms with Crippen LogP contribution in [0.15, 0.2) is 18.2 Å². The van der Waals surface area contributed by atoms with Crippen molar-refractivity contribution in [1.82, 2.24) is 5.43 Å². The van der Waals surface area contributed by atoms with Crippen LogP contribution in [0.25, 0.3) is 0 Å². The SMILES string of the molecule is CCCCCC(Cc1cc(Cl)ccc1F)NN. The van der Waals surface area contributed by atoms with E-state index in [1.807, 2.05) is 0 Å². The summed E-state index contributed by atoms with van der Waals surface area (Å²) in [6.45, 7) is 2.15. The minimum Gasteiger partial charge on any atom is -0.271 e. The maximum absolute atomic E-state index is 13.5. The van der Waals surface area contributed by atoms with Crippen LogP contribution >= 0.6 is 11.6 Å². The molecule has 1 aromatic carbocycles. The molecule has 1 atom stereocenters. The molecule has 0 saturated heterocycles. The Kier molecular flexibility index (Phi) is 6.48. The molecule has 1 rings (SSSR count). The van der Waals surface area contributed by atoms with Crippen LogP contribution in [0.3, 0.4) is 0 Å². The van der Waals surface area contributed by atoms with Gasteiger partial charge in [0.1, 0.15) is 5.82 Å². The van der Waals surface area contributed by atoms with E-state index < -0.39 is 0 Å². The van der Waals surface area contributed by atoms with Gasteiger partial charge in [-0.15, -0.1) is 0 Å². The molecule has 0 radical (unpaired) electrons. The molecule has 96 valence electrons. The maximum atomic E-state index is 13.5. The molecule has 0 heterocycles. The Hall–Kier alpha value is -0.640. The van der Waals surface area contributed by atoms with Crippen molar-refractivity contribution < 1.29 is 4.39 Å². The molecule has 1 aromatic rings. The quantitative estimate of drug-likeness (QED) is 0.447. The Bertz CT molecular complexity index is 344. The monoisotopic (exact) mass is 258 g/mol. The highest BCUT2D eigenvalue weighted by atomic mass is 35.5. The summed E-state index contributed by atoms with van der Waals surface area (Å²) in [6, 6.07) is 4.73. The number of nitrogens with one attached hydrogen (secondary N) is 1. The number of hydrazine groups is 1. The van der Waals surface area contributed by atoms with E-state index in [1.54, 1.807) is 12.1 Å². The smallest absolute Gasteiger partial charge is 0.126 e. The number of benzene rings is 1. The Morgan fingerprint density at radius 2 is 2.18 bits per heavy atom. The second-order valence-corrected chi connectivity index (χ2v) is 4.74. The lowest BCUT2D eigenvalue weighted by Gasteiger charge is -2.16. The normalized spacial score (nSPS) is 12.7. The van der Waals surface area contributed by atoms with Gasteiger partial charge in [-0.05, 0) is 36.6 Å². The third-order valence-electron chi connectivity index (χ3n) is 2.87. The van der Waals surface area contributed by atoms with Gasteiger partial charge in [-0.3, -0.25) is 11.3 Å². The summed E-state index contributed by atoms with van der Waals surface area (Å²) in [5, 5.41) is 0.561. The van der Waals surface area contributed by atoms with Crippen molar-refractivity contribution in [3.63, 3.8) is 0 Å². The molecule has 0 spiro atoms. The topological polar surface area (TPSA) is 38.0 Å². The average molecular weight is 259 g/mol. The molecule has 0 aromatic heterocycles. The van der Waals surface area contributed by atoms with Gasteiger partial charge in [-0.2, -0.15) is 0 Å². The average Bonchev–Trinajstić information content (AvgIpc) is 2.32. The predicted molar refractivity (Wildman–Crippen MR) is 70.4 cm³/mol. The summed E-state index contributed by atoms with van der Waals surface area (Å²) in [5.41, 5.74) is 3.37. The molecule has 17 heavy (non-hydrogen) atoms. The van der Waals surface area contributed by atoms with Crippen molar-refractivity contribution in [2.75, 3.05) is 0 Å². The summed E-state index contributed by atoms with van der Waals surface area (Å²) in [5.74, 6) is 5.27. The fraction of sp³-hybridized carbons (Fsp3) is 0.538. The first-order valence-electron chi connectivity index (χ1n) is 6.07. The van der Waals surface area contributed by atoms with Crippen LogP contribution in [-0.2, 0) is 6.42 Å². The van der Waals surface area contributed by atoms with Gasteiger partial charge >= 0.3 is 0 Å². The molecule has 0 aliphatic heterocycles. The van der Waals surface area contributed by atoms with Gasteiger partial charge in [-0.1, -0.05) is 37.8 Å². The number of halogens is 2. The largest absolute Gasteiger partial charge is 0.271 e. The molecule has 0 aliphatic carbocycles. The molecular weight excluding hydrogens is 239 g/mol. The first-order valence-corrected chi connectivity index (χ1v) is 6.45. The molecule has 2 nitrogen and oxygen atoms in total. The van der Waals surface area contributed by atoms with Gasteiger partial charge < -0.3 is 0 Å². The zero-order chi connectivity index (χ0) is 12.7. The number of unbranched alkanes of at least 4 members (excludes halogenated alkanes) is 2. The van der Waals surface area contributed by atoms with Crippen LogP contribution in [0.1, 0.15) is 38.2 Å². The molecule has 0 saturated carbocycles. The molecule has 1 unspecified atom stereocenters. The highest BCUT2D eigenvalue weighted by Crippen LogP contribution is 2.17. The summed E-state index contributed by atoms with van der Waals surface area (Å²) in [7, 11) is 0. The molecular formula is C13H20ClFN2. The fourth-order valence-electron chi connectivity index (χ4n) is 1.85. The third kappa shape index (κ3) is 5.02.